The summed E-state index contributed by atoms with van der Waals surface area (Å²) in [4.78, 5) is 27.0. The predicted molar refractivity (Wildman–Crippen MR) is 129 cm³/mol. The second-order valence-corrected chi connectivity index (χ2v) is 10.3. The lowest BCUT2D eigenvalue weighted by Gasteiger charge is -2.46. The molecule has 0 bridgehead atoms. The highest BCUT2D eigenvalue weighted by Gasteiger charge is 2.47. The zero-order valence-electron chi connectivity index (χ0n) is 18.3. The summed E-state index contributed by atoms with van der Waals surface area (Å²) in [6.45, 7) is 0.486. The van der Waals surface area contributed by atoms with Gasteiger partial charge in [-0.25, -0.2) is 0 Å². The maximum atomic E-state index is 13.8. The van der Waals surface area contributed by atoms with E-state index in [1.807, 2.05) is 42.5 Å². The molecule has 0 saturated heterocycles. The molecule has 1 N–H and O–H groups in total. The first-order chi connectivity index (χ1) is 16.6. The molecule has 2 atom stereocenters. The molecule has 1 unspecified atom stereocenters. The van der Waals surface area contributed by atoms with E-state index in [1.165, 1.54) is 10.9 Å². The van der Waals surface area contributed by atoms with E-state index in [0.29, 0.717) is 10.7 Å². The Bertz CT molecular complexity index is 1390. The van der Waals surface area contributed by atoms with Crippen molar-refractivity contribution in [2.24, 2.45) is 0 Å². The van der Waals surface area contributed by atoms with Crippen LogP contribution < -0.4 is 10.4 Å². The van der Waals surface area contributed by atoms with Gasteiger partial charge in [0.2, 0.25) is 5.43 Å². The van der Waals surface area contributed by atoms with Crippen LogP contribution >= 0.6 is 27.7 Å². The van der Waals surface area contributed by atoms with Crippen LogP contribution in [0.25, 0.3) is 0 Å². The molecule has 11 heteroatoms. The highest BCUT2D eigenvalue weighted by atomic mass is 79.9. The molecule has 0 fully saturated rings. The number of rotatable bonds is 2. The van der Waals surface area contributed by atoms with Crippen LogP contribution in [0.4, 0.5) is 13.2 Å². The van der Waals surface area contributed by atoms with Crippen LogP contribution in [0.5, 0.6) is 5.75 Å². The van der Waals surface area contributed by atoms with Gasteiger partial charge in [-0.3, -0.25) is 19.3 Å². The topological polar surface area (TPSA) is 65.8 Å². The SMILES string of the molecule is C[C@@H](N1CN(C2c3ccc(Br)cc3CSc3ccccc32)n2ccc(=O)c(O)c2C1=O)C(F)(F)F. The van der Waals surface area contributed by atoms with E-state index in [2.05, 4.69) is 15.9 Å². The summed E-state index contributed by atoms with van der Waals surface area (Å²) in [6.07, 6.45) is -3.38. The summed E-state index contributed by atoms with van der Waals surface area (Å²) in [5.74, 6) is -1.30. The van der Waals surface area contributed by atoms with Crippen molar-refractivity contribution < 1.29 is 23.1 Å². The zero-order chi connectivity index (χ0) is 25.1. The second-order valence-electron chi connectivity index (χ2n) is 8.37. The van der Waals surface area contributed by atoms with Crippen molar-refractivity contribution in [3.63, 3.8) is 0 Å². The summed E-state index contributed by atoms with van der Waals surface area (Å²) in [7, 11) is 0. The van der Waals surface area contributed by atoms with Gasteiger partial charge in [0.05, 0.1) is 6.04 Å². The third kappa shape index (κ3) is 4.00. The maximum Gasteiger partial charge on any atom is 0.408 e. The largest absolute Gasteiger partial charge is 0.502 e. The van der Waals surface area contributed by atoms with E-state index in [-0.39, 0.29) is 0 Å². The molecule has 0 saturated carbocycles. The number of fused-ring (bicyclic) bond motifs is 3. The highest BCUT2D eigenvalue weighted by molar-refractivity contribution is 9.10. The van der Waals surface area contributed by atoms with Crippen molar-refractivity contribution >= 4 is 33.6 Å². The minimum atomic E-state index is -4.70. The molecule has 3 heterocycles. The fraction of sp³-hybridized carbons (Fsp3) is 0.250. The van der Waals surface area contributed by atoms with Gasteiger partial charge in [-0.1, -0.05) is 40.2 Å². The number of carbonyl (C=O) groups excluding carboxylic acids is 1. The van der Waals surface area contributed by atoms with Crippen molar-refractivity contribution in [1.29, 1.82) is 0 Å². The van der Waals surface area contributed by atoms with Gasteiger partial charge in [-0.05, 0) is 41.8 Å². The normalized spacial score (nSPS) is 18.4. The molecule has 2 aromatic carbocycles. The molecule has 1 aromatic heterocycles. The summed E-state index contributed by atoms with van der Waals surface area (Å²) in [5.41, 5.74) is 1.34. The van der Waals surface area contributed by atoms with Crippen molar-refractivity contribution in [3.05, 3.63) is 91.8 Å². The molecule has 5 rings (SSSR count). The molecule has 6 nitrogen and oxygen atoms in total. The van der Waals surface area contributed by atoms with Gasteiger partial charge in [0.1, 0.15) is 12.7 Å². The van der Waals surface area contributed by atoms with Gasteiger partial charge in [0.25, 0.3) is 5.91 Å². The quantitative estimate of drug-likeness (QED) is 0.473. The van der Waals surface area contributed by atoms with E-state index < -0.39 is 47.7 Å². The van der Waals surface area contributed by atoms with Crippen molar-refractivity contribution in [2.45, 2.75) is 35.8 Å². The lowest BCUT2D eigenvalue weighted by Crippen LogP contribution is -2.60. The summed E-state index contributed by atoms with van der Waals surface area (Å²) < 4.78 is 43.5. The number of aromatic hydroxyl groups is 1. The summed E-state index contributed by atoms with van der Waals surface area (Å²) in [5, 5.41) is 12.1. The van der Waals surface area contributed by atoms with Crippen LogP contribution in [-0.2, 0) is 5.75 Å². The number of halogens is 4. The Morgan fingerprint density at radius 2 is 1.86 bits per heavy atom. The lowest BCUT2D eigenvalue weighted by molar-refractivity contribution is -0.173. The number of hydrogen-bond donors (Lipinski definition) is 1. The standard InChI is InChI=1S/C24H19BrF3N3O3S/c1-13(24(26,27)28)29-12-31(30-9-8-18(32)22(33)21(30)23(29)34)20-16-7-6-15(25)10-14(16)11-35-19-5-3-2-4-17(19)20/h2-10,13,20,33H,11-12H2,1H3/t13-,20?/m1/s1. The van der Waals surface area contributed by atoms with Gasteiger partial charge in [0.15, 0.2) is 11.4 Å². The highest BCUT2D eigenvalue weighted by Crippen LogP contribution is 2.44. The van der Waals surface area contributed by atoms with Crippen molar-refractivity contribution in [3.8, 4) is 5.75 Å². The summed E-state index contributed by atoms with van der Waals surface area (Å²) in [6, 6.07) is 11.7. The maximum absolute atomic E-state index is 13.8. The van der Waals surface area contributed by atoms with Gasteiger partial charge in [-0.2, -0.15) is 13.2 Å². The van der Waals surface area contributed by atoms with Crippen molar-refractivity contribution in [2.75, 3.05) is 11.7 Å². The molecular formula is C24H19BrF3N3O3S. The van der Waals surface area contributed by atoms with E-state index in [9.17, 15) is 27.9 Å². The number of hydrogen-bond acceptors (Lipinski definition) is 5. The number of amides is 1. The van der Waals surface area contributed by atoms with Crippen LogP contribution in [0.3, 0.4) is 0 Å². The predicted octanol–water partition coefficient (Wildman–Crippen LogP) is 5.01. The smallest absolute Gasteiger partial charge is 0.408 e. The molecule has 2 aliphatic heterocycles. The first-order valence-corrected chi connectivity index (χ1v) is 12.4. The molecular weight excluding hydrogens is 547 g/mol. The van der Waals surface area contributed by atoms with E-state index in [0.717, 1.165) is 39.0 Å². The zero-order valence-corrected chi connectivity index (χ0v) is 20.7. The van der Waals surface area contributed by atoms with Crippen LogP contribution in [0.1, 0.15) is 40.1 Å². The lowest BCUT2D eigenvalue weighted by atomic mass is 9.94. The molecule has 1 amide bonds. The number of aromatic nitrogens is 1. The number of alkyl halides is 3. The second kappa shape index (κ2) is 8.63. The number of carbonyl (C=O) groups is 1. The molecule has 2 aliphatic rings. The van der Waals surface area contributed by atoms with E-state index >= 15 is 0 Å². The fourth-order valence-corrected chi connectivity index (χ4v) is 5.97. The Morgan fingerprint density at radius 1 is 1.11 bits per heavy atom. The van der Waals surface area contributed by atoms with Gasteiger partial charge in [0, 0.05) is 27.4 Å². The fourth-order valence-electron chi connectivity index (χ4n) is 4.48. The van der Waals surface area contributed by atoms with Crippen LogP contribution in [-0.4, -0.2) is 39.5 Å². The van der Waals surface area contributed by atoms with E-state index in [4.69, 9.17) is 0 Å². The summed E-state index contributed by atoms with van der Waals surface area (Å²) >= 11 is 5.11. The number of benzene rings is 2. The Kier molecular flexibility index (Phi) is 5.87. The van der Waals surface area contributed by atoms with Crippen LogP contribution in [0, 0.1) is 0 Å². The molecule has 35 heavy (non-hydrogen) atoms. The van der Waals surface area contributed by atoms with Gasteiger partial charge in [-0.15, -0.1) is 11.8 Å². The Hall–Kier alpha value is -2.92. The number of thioether (sulfide) groups is 1. The average Bonchev–Trinajstić information content (AvgIpc) is 2.97. The average molecular weight is 566 g/mol. The third-order valence-electron chi connectivity index (χ3n) is 6.33. The Labute approximate surface area is 211 Å². The third-order valence-corrected chi connectivity index (χ3v) is 7.96. The Balaban J connectivity index is 1.78. The molecule has 0 radical (unpaired) electrons. The minimum Gasteiger partial charge on any atom is -0.502 e. The monoisotopic (exact) mass is 565 g/mol. The number of pyridine rings is 1. The van der Waals surface area contributed by atoms with Gasteiger partial charge >= 0.3 is 6.18 Å². The molecule has 0 spiro atoms. The van der Waals surface area contributed by atoms with Crippen LogP contribution in [0.2, 0.25) is 0 Å². The molecule has 182 valence electrons. The van der Waals surface area contributed by atoms with Gasteiger partial charge < -0.3 is 10.0 Å². The first-order valence-electron chi connectivity index (χ1n) is 10.7. The van der Waals surface area contributed by atoms with Crippen LogP contribution in [0.15, 0.2) is 68.9 Å². The molecule has 3 aromatic rings. The Morgan fingerprint density at radius 3 is 2.60 bits per heavy atom. The number of nitrogens with zero attached hydrogens (tertiary/aromatic N) is 3. The molecule has 0 aliphatic carbocycles. The van der Waals surface area contributed by atoms with E-state index in [1.54, 1.807) is 16.8 Å². The minimum absolute atomic E-state index is 0.409. The van der Waals surface area contributed by atoms with Crippen molar-refractivity contribution in [1.82, 2.24) is 9.58 Å². The first kappa shape index (κ1) is 23.8.